The van der Waals surface area contributed by atoms with Gasteiger partial charge in [-0.05, 0) is 12.5 Å². The maximum absolute atomic E-state index is 13.1. The van der Waals surface area contributed by atoms with Gasteiger partial charge in [0.2, 0.25) is 0 Å². The third-order valence-electron chi connectivity index (χ3n) is 2.65. The van der Waals surface area contributed by atoms with Gasteiger partial charge >= 0.3 is 0 Å². The van der Waals surface area contributed by atoms with Gasteiger partial charge in [0.05, 0.1) is 6.20 Å². The van der Waals surface area contributed by atoms with E-state index in [1.807, 2.05) is 6.07 Å². The molecule has 0 aliphatic carbocycles. The van der Waals surface area contributed by atoms with Crippen molar-refractivity contribution in [1.82, 2.24) is 9.78 Å². The van der Waals surface area contributed by atoms with Gasteiger partial charge in [-0.15, -0.1) is 0 Å². The highest BCUT2D eigenvalue weighted by molar-refractivity contribution is 6.66. The molecule has 0 saturated carbocycles. The molecule has 0 saturated heterocycles. The second-order valence-corrected chi connectivity index (χ2v) is 4.28. The standard InChI is InChI=1S/C11H10ClFN4/c1-17-10(4-9(5-14)16-17)3-7-2-8(13)6-15-11(7)12/h4,6-7H,2-3H2,1H3. The molecule has 4 nitrogen and oxygen atoms in total. The largest absolute Gasteiger partial charge is 0.271 e. The topological polar surface area (TPSA) is 54.0 Å². The van der Waals surface area contributed by atoms with Crippen LogP contribution in [-0.2, 0) is 13.5 Å². The van der Waals surface area contributed by atoms with E-state index in [2.05, 4.69) is 10.1 Å². The Labute approximate surface area is 103 Å². The molecule has 1 aromatic rings. The van der Waals surface area contributed by atoms with Gasteiger partial charge in [0, 0.05) is 25.1 Å². The first kappa shape index (κ1) is 11.8. The molecule has 1 aliphatic heterocycles. The Morgan fingerprint density at radius 2 is 2.47 bits per heavy atom. The fourth-order valence-corrected chi connectivity index (χ4v) is 1.97. The number of halogens is 2. The van der Waals surface area contributed by atoms with Crippen LogP contribution in [0.1, 0.15) is 17.8 Å². The predicted octanol–water partition coefficient (Wildman–Crippen LogP) is 2.30. The Hall–Kier alpha value is -1.67. The number of aromatic nitrogens is 2. The van der Waals surface area contributed by atoms with Gasteiger partial charge in [0.25, 0.3) is 0 Å². The third-order valence-corrected chi connectivity index (χ3v) is 3.06. The van der Waals surface area contributed by atoms with Gasteiger partial charge in [0.15, 0.2) is 5.69 Å². The zero-order valence-electron chi connectivity index (χ0n) is 9.19. The highest BCUT2D eigenvalue weighted by atomic mass is 35.5. The molecule has 1 atom stereocenters. The molecule has 1 aromatic heterocycles. The highest BCUT2D eigenvalue weighted by Gasteiger charge is 2.22. The summed E-state index contributed by atoms with van der Waals surface area (Å²) < 4.78 is 14.7. The SMILES string of the molecule is Cn1nc(C#N)cc1CC1CC(F)=CN=C1Cl. The summed E-state index contributed by atoms with van der Waals surface area (Å²) in [7, 11) is 1.75. The summed E-state index contributed by atoms with van der Waals surface area (Å²) in [5.74, 6) is -0.453. The number of hydrogen-bond donors (Lipinski definition) is 0. The lowest BCUT2D eigenvalue weighted by atomic mass is 9.98. The van der Waals surface area contributed by atoms with E-state index >= 15 is 0 Å². The quantitative estimate of drug-likeness (QED) is 0.811. The first-order valence-electron chi connectivity index (χ1n) is 5.11. The Morgan fingerprint density at radius 1 is 1.71 bits per heavy atom. The maximum Gasteiger partial charge on any atom is 0.162 e. The minimum absolute atomic E-state index is 0.177. The summed E-state index contributed by atoms with van der Waals surface area (Å²) in [5.41, 5.74) is 1.19. The molecule has 0 aromatic carbocycles. The monoisotopic (exact) mass is 252 g/mol. The molecular formula is C11H10ClFN4. The summed E-state index contributed by atoms with van der Waals surface area (Å²) in [6, 6.07) is 3.65. The minimum atomic E-state index is -0.276. The van der Waals surface area contributed by atoms with Crippen LogP contribution in [0.3, 0.4) is 0 Å². The summed E-state index contributed by atoms with van der Waals surface area (Å²) in [5, 5.41) is 13.1. The van der Waals surface area contributed by atoms with Crippen molar-refractivity contribution in [1.29, 1.82) is 5.26 Å². The van der Waals surface area contributed by atoms with Crippen LogP contribution >= 0.6 is 11.6 Å². The van der Waals surface area contributed by atoms with Crippen LogP contribution in [0.5, 0.6) is 0 Å². The van der Waals surface area contributed by atoms with Crippen molar-refractivity contribution in [3.63, 3.8) is 0 Å². The lowest BCUT2D eigenvalue weighted by Crippen LogP contribution is -2.17. The number of rotatable bonds is 2. The first-order chi connectivity index (χ1) is 8.10. The predicted molar refractivity (Wildman–Crippen MR) is 62.2 cm³/mol. The van der Waals surface area contributed by atoms with E-state index in [0.29, 0.717) is 17.3 Å². The van der Waals surface area contributed by atoms with Crippen LogP contribution < -0.4 is 0 Å². The van der Waals surface area contributed by atoms with Gasteiger partial charge in [-0.25, -0.2) is 9.38 Å². The lowest BCUT2D eigenvalue weighted by Gasteiger charge is -2.16. The molecule has 0 amide bonds. The summed E-state index contributed by atoms with van der Waals surface area (Å²) in [6.07, 6.45) is 1.91. The number of nitrogens with zero attached hydrogens (tertiary/aromatic N) is 4. The number of allylic oxidation sites excluding steroid dienone is 1. The van der Waals surface area contributed by atoms with Crippen molar-refractivity contribution < 1.29 is 4.39 Å². The fourth-order valence-electron chi connectivity index (χ4n) is 1.77. The molecule has 88 valence electrons. The molecule has 1 aliphatic rings. The summed E-state index contributed by atoms with van der Waals surface area (Å²) in [4.78, 5) is 3.80. The van der Waals surface area contributed by atoms with Gasteiger partial charge in [-0.1, -0.05) is 11.6 Å². The van der Waals surface area contributed by atoms with Crippen LogP contribution in [0.25, 0.3) is 0 Å². The number of aliphatic imine (C=N–C) groups is 1. The summed E-state index contributed by atoms with van der Waals surface area (Å²) >= 11 is 5.93. The van der Waals surface area contributed by atoms with Gasteiger partial charge in [-0.2, -0.15) is 10.4 Å². The third kappa shape index (κ3) is 2.53. The van der Waals surface area contributed by atoms with Crippen molar-refractivity contribution in [2.24, 2.45) is 18.0 Å². The molecule has 17 heavy (non-hydrogen) atoms. The molecule has 2 rings (SSSR count). The van der Waals surface area contributed by atoms with E-state index in [0.717, 1.165) is 11.9 Å². The maximum atomic E-state index is 13.1. The van der Waals surface area contributed by atoms with Crippen molar-refractivity contribution in [3.05, 3.63) is 29.5 Å². The molecule has 6 heteroatoms. The Morgan fingerprint density at radius 3 is 3.12 bits per heavy atom. The molecule has 1 unspecified atom stereocenters. The van der Waals surface area contributed by atoms with E-state index in [1.165, 1.54) is 0 Å². The molecule has 0 fully saturated rings. The van der Waals surface area contributed by atoms with Crippen molar-refractivity contribution in [2.45, 2.75) is 12.8 Å². The van der Waals surface area contributed by atoms with E-state index in [-0.39, 0.29) is 18.2 Å². The average molecular weight is 253 g/mol. The summed E-state index contributed by atoms with van der Waals surface area (Å²) in [6.45, 7) is 0. The van der Waals surface area contributed by atoms with Crippen molar-refractivity contribution >= 4 is 16.8 Å². The zero-order valence-corrected chi connectivity index (χ0v) is 9.95. The van der Waals surface area contributed by atoms with Crippen LogP contribution in [0.15, 0.2) is 23.1 Å². The molecule has 0 spiro atoms. The Balaban J connectivity index is 2.17. The normalized spacial score (nSPS) is 19.5. The van der Waals surface area contributed by atoms with Gasteiger partial charge in [-0.3, -0.25) is 4.68 Å². The fraction of sp³-hybridized carbons (Fsp3) is 0.364. The molecular weight excluding hydrogens is 243 g/mol. The molecule has 0 bridgehead atoms. The van der Waals surface area contributed by atoms with Gasteiger partial charge in [0.1, 0.15) is 17.1 Å². The smallest absolute Gasteiger partial charge is 0.162 e. The molecule has 0 N–H and O–H groups in total. The first-order valence-corrected chi connectivity index (χ1v) is 5.48. The van der Waals surface area contributed by atoms with E-state index in [9.17, 15) is 4.39 Å². The van der Waals surface area contributed by atoms with Crippen LogP contribution in [0, 0.1) is 17.2 Å². The Kier molecular flexibility index (Phi) is 3.25. The molecule has 2 heterocycles. The number of nitriles is 1. The van der Waals surface area contributed by atoms with Crippen LogP contribution in [0.4, 0.5) is 4.39 Å². The minimum Gasteiger partial charge on any atom is -0.271 e. The average Bonchev–Trinajstić information content (AvgIpc) is 2.65. The second kappa shape index (κ2) is 4.68. The highest BCUT2D eigenvalue weighted by Crippen LogP contribution is 2.25. The van der Waals surface area contributed by atoms with Crippen molar-refractivity contribution in [3.8, 4) is 6.07 Å². The van der Waals surface area contributed by atoms with Crippen molar-refractivity contribution in [2.75, 3.05) is 0 Å². The van der Waals surface area contributed by atoms with E-state index < -0.39 is 0 Å². The number of hydrogen-bond acceptors (Lipinski definition) is 3. The molecule has 0 radical (unpaired) electrons. The lowest BCUT2D eigenvalue weighted by molar-refractivity contribution is 0.517. The van der Waals surface area contributed by atoms with Crippen LogP contribution in [0.2, 0.25) is 0 Å². The number of aryl methyl sites for hydroxylation is 1. The Bertz CT molecular complexity index is 538. The second-order valence-electron chi connectivity index (χ2n) is 3.89. The van der Waals surface area contributed by atoms with E-state index in [1.54, 1.807) is 17.8 Å². The van der Waals surface area contributed by atoms with Crippen LogP contribution in [-0.4, -0.2) is 15.0 Å². The zero-order chi connectivity index (χ0) is 12.4. The van der Waals surface area contributed by atoms with E-state index in [4.69, 9.17) is 16.9 Å². The van der Waals surface area contributed by atoms with Gasteiger partial charge < -0.3 is 0 Å².